The maximum Gasteiger partial charge on any atom is 1.00 e. The molecule has 0 bridgehead atoms. The van der Waals surface area contributed by atoms with Crippen molar-refractivity contribution in [3.05, 3.63) is 12.7 Å². The van der Waals surface area contributed by atoms with Gasteiger partial charge in [-0.05, 0) is 20.0 Å². The summed E-state index contributed by atoms with van der Waals surface area (Å²) in [6, 6.07) is -0.995. The predicted molar refractivity (Wildman–Crippen MR) is 62.7 cm³/mol. The first kappa shape index (κ1) is 27.5. The molecule has 12 heteroatoms. The molecular weight excluding hydrogens is 328 g/mol. The first-order chi connectivity index (χ1) is 8.43. The molecule has 0 aromatic rings. The van der Waals surface area contributed by atoms with Crippen molar-refractivity contribution >= 4 is 10.4 Å². The van der Waals surface area contributed by atoms with Gasteiger partial charge in [0.05, 0.1) is 18.3 Å². The average molecular weight is 346 g/mol. The van der Waals surface area contributed by atoms with E-state index >= 15 is 0 Å². The fourth-order valence-electron chi connectivity index (χ4n) is 1.32. The van der Waals surface area contributed by atoms with Gasteiger partial charge < -0.3 is 36.9 Å². The minimum absolute atomic E-state index is 0. The maximum absolute atomic E-state index is 9.46. The molecule has 4 N–H and O–H groups in total. The van der Waals surface area contributed by atoms with E-state index in [1.165, 1.54) is 0 Å². The summed E-state index contributed by atoms with van der Waals surface area (Å²) in [6.45, 7) is 7.15. The van der Waals surface area contributed by atoms with Gasteiger partial charge in [0.15, 0.2) is 0 Å². The van der Waals surface area contributed by atoms with Gasteiger partial charge in [-0.25, -0.2) is 8.42 Å². The van der Waals surface area contributed by atoms with Gasteiger partial charge in [0, 0.05) is 0 Å². The Morgan fingerprint density at radius 2 is 1.67 bits per heavy atom. The topological polar surface area (TPSA) is 160 Å². The van der Waals surface area contributed by atoms with E-state index in [1.807, 2.05) is 13.8 Å². The Bertz CT molecular complexity index is 361. The molecule has 0 aromatic carbocycles. The van der Waals surface area contributed by atoms with E-state index in [-0.39, 0.29) is 65.2 Å². The first-order valence-electron chi connectivity index (χ1n) is 5.33. The molecule has 21 heavy (non-hydrogen) atoms. The predicted octanol–water partition coefficient (Wildman–Crippen LogP) is -6.87. The monoisotopic (exact) mass is 346 g/mol. The van der Waals surface area contributed by atoms with Crippen LogP contribution in [0, 0.1) is 6.92 Å². The fraction of sp³-hybridized carbons (Fsp3) is 0.889. The van der Waals surface area contributed by atoms with Crippen LogP contribution in [0.4, 0.5) is 0 Å². The molecule has 1 rings (SSSR count). The summed E-state index contributed by atoms with van der Waals surface area (Å²) >= 11 is 0. The third kappa shape index (κ3) is 12.7. The molecule has 0 saturated carbocycles. The average Bonchev–Trinajstić information content (AvgIpc) is 2.20. The van der Waals surface area contributed by atoms with Crippen molar-refractivity contribution in [2.45, 2.75) is 50.6 Å². The van der Waals surface area contributed by atoms with Crippen molar-refractivity contribution in [2.75, 3.05) is 0 Å². The summed E-state index contributed by atoms with van der Waals surface area (Å²) < 4.78 is 43.3. The molecule has 1 aliphatic heterocycles. The van der Waals surface area contributed by atoms with E-state index in [2.05, 4.69) is 6.92 Å². The molecule has 1 saturated heterocycles. The number of aliphatic hydroxyl groups is 2. The summed E-state index contributed by atoms with van der Waals surface area (Å²) in [5.41, 5.74) is 7.56. The fourth-order valence-corrected chi connectivity index (χ4v) is 1.32. The van der Waals surface area contributed by atoms with Crippen LogP contribution in [0.5, 0.6) is 0 Å². The van der Waals surface area contributed by atoms with Crippen LogP contribution >= 0.6 is 0 Å². The molecule has 0 aliphatic carbocycles. The minimum atomic E-state index is -4.92. The standard InChI is InChI=1S/C9H17NO4.2Na.H2O4S/c1-4(2)13-9-6(10)8(12)7(11)5(3)14-9;;;1-5(2,3)4/h4-12H,3H2,1-2H3;;;(H2,1,2,3,4)/q-2;2*+1;/p-1/t5?,6?,7-,8-,9+;;;/m1.../s1. The Labute approximate surface area is 168 Å². The summed E-state index contributed by atoms with van der Waals surface area (Å²) in [5.74, 6) is 0. The first-order valence-corrected chi connectivity index (χ1v) is 6.69. The van der Waals surface area contributed by atoms with Gasteiger partial charge in [0.2, 0.25) is 10.4 Å². The number of hydrogen-bond acceptors (Lipinski definition) is 7. The van der Waals surface area contributed by atoms with E-state index in [0.29, 0.717) is 0 Å². The quantitative estimate of drug-likeness (QED) is 0.192. The van der Waals surface area contributed by atoms with Crippen LogP contribution in [0.25, 0.3) is 5.73 Å². The van der Waals surface area contributed by atoms with E-state index in [0.717, 1.165) is 0 Å². The number of aliphatic hydroxyl groups excluding tert-OH is 2. The third-order valence-electron chi connectivity index (χ3n) is 2.11. The molecule has 9 nitrogen and oxygen atoms in total. The SMILES string of the molecule is O=S(=O)([O-])O.[CH2-]C1O[C@H](OC(C)C)C([NH-])[C@@H](O)[C@@H]1O.[Na+].[Na+]. The van der Waals surface area contributed by atoms with Crippen molar-refractivity contribution in [3.8, 4) is 0 Å². The Kier molecular flexibility index (Phi) is 15.8. The van der Waals surface area contributed by atoms with Crippen LogP contribution in [-0.4, -0.2) is 64.5 Å². The van der Waals surface area contributed by atoms with Crippen LogP contribution < -0.4 is 59.1 Å². The number of rotatable bonds is 2. The van der Waals surface area contributed by atoms with Gasteiger partial charge in [-0.1, -0.05) is 6.04 Å². The normalized spacial score (nSPS) is 32.3. The summed E-state index contributed by atoms with van der Waals surface area (Å²) in [4.78, 5) is 0. The van der Waals surface area contributed by atoms with Crippen LogP contribution in [-0.2, 0) is 19.9 Å². The zero-order chi connectivity index (χ0) is 15.4. The van der Waals surface area contributed by atoms with Crippen LogP contribution in [0.3, 0.4) is 0 Å². The van der Waals surface area contributed by atoms with Crippen molar-refractivity contribution in [1.82, 2.24) is 0 Å². The molecule has 2 unspecified atom stereocenters. The summed E-state index contributed by atoms with van der Waals surface area (Å²) in [7, 11) is -4.92. The van der Waals surface area contributed by atoms with Crippen molar-refractivity contribution in [3.63, 3.8) is 0 Å². The maximum atomic E-state index is 9.46. The second-order valence-electron chi connectivity index (χ2n) is 4.16. The largest absolute Gasteiger partial charge is 1.00 e. The van der Waals surface area contributed by atoms with Crippen LogP contribution in [0.2, 0.25) is 0 Å². The van der Waals surface area contributed by atoms with Crippen LogP contribution in [0.1, 0.15) is 13.8 Å². The van der Waals surface area contributed by atoms with E-state index < -0.39 is 41.0 Å². The van der Waals surface area contributed by atoms with E-state index in [1.54, 1.807) is 0 Å². The Balaban J connectivity index is -0.000000405. The zero-order valence-electron chi connectivity index (χ0n) is 12.5. The smallest absolute Gasteiger partial charge is 0.726 e. The molecule has 0 spiro atoms. The zero-order valence-corrected chi connectivity index (χ0v) is 17.3. The summed E-state index contributed by atoms with van der Waals surface area (Å²) in [6.07, 6.45) is -3.96. The molecule has 5 atom stereocenters. The molecule has 116 valence electrons. The molecule has 0 radical (unpaired) electrons. The van der Waals surface area contributed by atoms with Gasteiger partial charge in [-0.2, -0.15) is 0 Å². The van der Waals surface area contributed by atoms with Gasteiger partial charge in [-0.15, -0.1) is 0 Å². The number of nitrogens with one attached hydrogen (secondary N) is 1. The van der Waals surface area contributed by atoms with E-state index in [9.17, 15) is 10.2 Å². The molecule has 1 fully saturated rings. The molecular formula is C9H18NNa2O8S-. The minimum Gasteiger partial charge on any atom is -0.726 e. The van der Waals surface area contributed by atoms with Gasteiger partial charge >= 0.3 is 59.1 Å². The van der Waals surface area contributed by atoms with Crippen molar-refractivity contribution in [1.29, 1.82) is 0 Å². The van der Waals surface area contributed by atoms with Gasteiger partial charge in [-0.3, -0.25) is 4.55 Å². The second-order valence-corrected chi connectivity index (χ2v) is 5.02. The number of ether oxygens (including phenoxy) is 2. The second kappa shape index (κ2) is 12.1. The Hall–Kier alpha value is 1.67. The molecule has 1 heterocycles. The van der Waals surface area contributed by atoms with Crippen molar-refractivity contribution in [2.24, 2.45) is 0 Å². The Morgan fingerprint density at radius 3 is 2.00 bits per heavy atom. The van der Waals surface area contributed by atoms with Crippen molar-refractivity contribution < 1.29 is 96.3 Å². The van der Waals surface area contributed by atoms with Crippen LogP contribution in [0.15, 0.2) is 0 Å². The third-order valence-corrected chi connectivity index (χ3v) is 2.11. The molecule has 0 aromatic heterocycles. The number of hydrogen-bond donors (Lipinski definition) is 3. The van der Waals surface area contributed by atoms with Gasteiger partial charge in [0.25, 0.3) is 0 Å². The summed E-state index contributed by atoms with van der Waals surface area (Å²) in [5, 5.41) is 18.8. The molecule has 1 aliphatic rings. The Morgan fingerprint density at radius 1 is 1.29 bits per heavy atom. The van der Waals surface area contributed by atoms with Gasteiger partial charge in [0.1, 0.15) is 6.29 Å². The van der Waals surface area contributed by atoms with E-state index in [4.69, 9.17) is 32.7 Å². The molecule has 0 amide bonds.